The van der Waals surface area contributed by atoms with Crippen molar-refractivity contribution in [1.82, 2.24) is 0 Å². The molecule has 3 N–H and O–H groups in total. The normalized spacial score (nSPS) is 13.8. The summed E-state index contributed by atoms with van der Waals surface area (Å²) in [6.07, 6.45) is 80.0. The van der Waals surface area contributed by atoms with Crippen LogP contribution in [-0.4, -0.2) is 49.3 Å². The number of phosphoric ester groups is 1. The summed E-state index contributed by atoms with van der Waals surface area (Å²) in [6.45, 7) is 3.62. The van der Waals surface area contributed by atoms with Gasteiger partial charge in [-0.25, -0.2) is 4.57 Å². The molecule has 0 spiro atoms. The lowest BCUT2D eigenvalue weighted by Gasteiger charge is -2.19. The summed E-state index contributed by atoms with van der Waals surface area (Å²) >= 11 is 0. The Morgan fingerprint density at radius 2 is 0.743 bits per heavy atom. The van der Waals surface area contributed by atoms with Gasteiger partial charge in [-0.1, -0.05) is 245 Å². The summed E-state index contributed by atoms with van der Waals surface area (Å²) in [6, 6.07) is 0. The van der Waals surface area contributed by atoms with Gasteiger partial charge in [0, 0.05) is 19.4 Å². The van der Waals surface area contributed by atoms with Crippen LogP contribution in [-0.2, 0) is 32.7 Å². The number of hydrogen-bond donors (Lipinski definition) is 2. The zero-order valence-electron chi connectivity index (χ0n) is 47.3. The molecule has 0 bridgehead atoms. The summed E-state index contributed by atoms with van der Waals surface area (Å²) in [7, 11) is -4.40. The largest absolute Gasteiger partial charge is 0.472 e. The van der Waals surface area contributed by atoms with Gasteiger partial charge in [0.1, 0.15) is 6.61 Å². The van der Waals surface area contributed by atoms with Crippen LogP contribution in [0.1, 0.15) is 251 Å². The Bertz CT molecular complexity index is 1580. The van der Waals surface area contributed by atoms with Crippen LogP contribution in [0.2, 0.25) is 0 Å². The highest BCUT2D eigenvalue weighted by Gasteiger charge is 2.26. The van der Waals surface area contributed by atoms with Crippen molar-refractivity contribution in [3.63, 3.8) is 0 Å². The Morgan fingerprint density at radius 1 is 0.419 bits per heavy atom. The summed E-state index contributed by atoms with van der Waals surface area (Å²) < 4.78 is 33.0. The molecule has 2 unspecified atom stereocenters. The lowest BCUT2D eigenvalue weighted by atomic mass is 10.0. The number of ether oxygens (including phenoxy) is 2. The molecule has 0 aliphatic rings. The van der Waals surface area contributed by atoms with Crippen molar-refractivity contribution in [2.75, 3.05) is 26.4 Å². The second kappa shape index (κ2) is 58.9. The molecule has 0 saturated carbocycles. The maximum absolute atomic E-state index is 12.7. The van der Waals surface area contributed by atoms with E-state index in [4.69, 9.17) is 24.3 Å². The lowest BCUT2D eigenvalue weighted by Crippen LogP contribution is -2.29. The Balaban J connectivity index is 3.99. The molecule has 0 amide bonds. The second-order valence-corrected chi connectivity index (χ2v) is 20.9. The van der Waals surface area contributed by atoms with Crippen LogP contribution in [0, 0.1) is 0 Å². The number of esters is 2. The average molecular weight is 1050 g/mol. The van der Waals surface area contributed by atoms with Gasteiger partial charge in [0.05, 0.1) is 13.2 Å². The molecule has 0 aromatic carbocycles. The average Bonchev–Trinajstić information content (AvgIpc) is 3.39. The molecule has 0 aliphatic carbocycles. The quantitative estimate of drug-likeness (QED) is 0.0264. The number of rotatable bonds is 55. The molecule has 0 radical (unpaired) electrons. The van der Waals surface area contributed by atoms with E-state index in [1.54, 1.807) is 0 Å². The molecule has 0 aromatic heterocycles. The Morgan fingerprint density at radius 3 is 1.12 bits per heavy atom. The van der Waals surface area contributed by atoms with Crippen LogP contribution in [0.4, 0.5) is 0 Å². The van der Waals surface area contributed by atoms with Gasteiger partial charge in [-0.15, -0.1) is 0 Å². The number of nitrogens with two attached hydrogens (primary N) is 1. The fourth-order valence-electron chi connectivity index (χ4n) is 8.00. The monoisotopic (exact) mass is 1050 g/mol. The van der Waals surface area contributed by atoms with E-state index in [-0.39, 0.29) is 38.6 Å². The van der Waals surface area contributed by atoms with Gasteiger partial charge in [-0.05, 0) is 103 Å². The smallest absolute Gasteiger partial charge is 0.462 e. The van der Waals surface area contributed by atoms with Crippen molar-refractivity contribution in [2.45, 2.75) is 258 Å². The molecule has 0 saturated heterocycles. The lowest BCUT2D eigenvalue weighted by molar-refractivity contribution is -0.161. The minimum Gasteiger partial charge on any atom is -0.462 e. The second-order valence-electron chi connectivity index (χ2n) is 19.5. The van der Waals surface area contributed by atoms with Gasteiger partial charge in [-0.2, -0.15) is 0 Å². The summed E-state index contributed by atoms with van der Waals surface area (Å²) in [5, 5.41) is 0. The number of phosphoric acid groups is 1. The first-order chi connectivity index (χ1) is 36.3. The maximum atomic E-state index is 12.7. The molecule has 0 aliphatic heterocycles. The van der Waals surface area contributed by atoms with Gasteiger partial charge in [-0.3, -0.25) is 18.6 Å². The van der Waals surface area contributed by atoms with Crippen molar-refractivity contribution < 1.29 is 37.6 Å². The Labute approximate surface area is 454 Å². The highest BCUT2D eigenvalue weighted by molar-refractivity contribution is 7.47. The molecule has 0 aromatic rings. The van der Waals surface area contributed by atoms with Crippen LogP contribution in [0.5, 0.6) is 0 Å². The third-order valence-electron chi connectivity index (χ3n) is 12.4. The topological polar surface area (TPSA) is 134 Å². The fraction of sp³-hybridized carbons (Fsp3) is 0.688. The number of carbonyl (C=O) groups excluding carboxylic acids is 2. The number of unbranched alkanes of at least 4 members (excludes halogenated alkanes) is 24. The van der Waals surface area contributed by atoms with E-state index in [0.29, 0.717) is 6.42 Å². The SMILES string of the molecule is CC/C=C\C/C=C\C/C=C\C/C=C\C/C=C\C/C=C\C/C=C\C/C=C\CCCCCCCCCCCCC(=O)OC(COC(=O)CCCCCCCCC/C=C\CCCCCCCCC)COP(=O)(O)OCCN. The van der Waals surface area contributed by atoms with Crippen molar-refractivity contribution in [1.29, 1.82) is 0 Å². The molecule has 9 nitrogen and oxygen atoms in total. The van der Waals surface area contributed by atoms with E-state index in [2.05, 4.69) is 123 Å². The Hall–Kier alpha value is -3.33. The van der Waals surface area contributed by atoms with Gasteiger partial charge < -0.3 is 20.1 Å². The zero-order valence-corrected chi connectivity index (χ0v) is 48.2. The molecule has 424 valence electrons. The molecule has 0 rings (SSSR count). The van der Waals surface area contributed by atoms with E-state index in [0.717, 1.165) is 109 Å². The predicted octanol–water partition coefficient (Wildman–Crippen LogP) is 19.0. The molecule has 2 atom stereocenters. The summed E-state index contributed by atoms with van der Waals surface area (Å²) in [5.41, 5.74) is 5.38. The number of carbonyl (C=O) groups is 2. The standard InChI is InChI=1S/C64H110NO8P/c1-3-5-7-9-11-13-15-17-19-21-23-24-25-26-27-28-29-30-31-32-33-34-35-36-37-38-39-41-43-45-47-49-51-53-55-57-64(67)73-62(61-72-74(68,69)71-59-58-65)60-70-63(66)56-54-52-50-48-46-44-42-40-22-20-18-16-14-12-10-8-6-4-2/h5,7,11,13,17,19-20,22-24,26-27,29-30,32-33,35-36,62H,3-4,6,8-10,12,14-16,18,21,25,28,31,34,37-61,65H2,1-2H3,(H,68,69)/b7-5-,13-11-,19-17-,22-20-,24-23-,27-26-,30-29-,33-32-,36-35-. The van der Waals surface area contributed by atoms with Crippen molar-refractivity contribution in [2.24, 2.45) is 5.73 Å². The van der Waals surface area contributed by atoms with Gasteiger partial charge >= 0.3 is 19.8 Å². The Kier molecular flexibility index (Phi) is 56.3. The minimum atomic E-state index is -4.40. The molecular weight excluding hydrogens is 942 g/mol. The van der Waals surface area contributed by atoms with Crippen LogP contribution < -0.4 is 5.73 Å². The van der Waals surface area contributed by atoms with E-state index in [1.807, 2.05) is 0 Å². The first-order valence-corrected chi connectivity index (χ1v) is 31.4. The third kappa shape index (κ3) is 57.9. The highest BCUT2D eigenvalue weighted by atomic mass is 31.2. The highest BCUT2D eigenvalue weighted by Crippen LogP contribution is 2.43. The summed E-state index contributed by atoms with van der Waals surface area (Å²) in [5.74, 6) is -0.839. The van der Waals surface area contributed by atoms with Gasteiger partial charge in [0.15, 0.2) is 6.10 Å². The van der Waals surface area contributed by atoms with E-state index < -0.39 is 26.5 Å². The third-order valence-corrected chi connectivity index (χ3v) is 13.4. The minimum absolute atomic E-state index is 0.0478. The van der Waals surface area contributed by atoms with Crippen LogP contribution in [0.15, 0.2) is 109 Å². The molecule has 10 heteroatoms. The van der Waals surface area contributed by atoms with E-state index >= 15 is 0 Å². The van der Waals surface area contributed by atoms with Crippen LogP contribution in [0.3, 0.4) is 0 Å². The van der Waals surface area contributed by atoms with Crippen LogP contribution >= 0.6 is 7.82 Å². The fourth-order valence-corrected chi connectivity index (χ4v) is 8.76. The first-order valence-electron chi connectivity index (χ1n) is 29.9. The van der Waals surface area contributed by atoms with E-state index in [1.165, 1.54) is 109 Å². The van der Waals surface area contributed by atoms with Crippen molar-refractivity contribution in [3.8, 4) is 0 Å². The van der Waals surface area contributed by atoms with E-state index in [9.17, 15) is 19.0 Å². The van der Waals surface area contributed by atoms with Crippen LogP contribution in [0.25, 0.3) is 0 Å². The number of allylic oxidation sites excluding steroid dienone is 18. The molecule has 0 heterocycles. The van der Waals surface area contributed by atoms with Gasteiger partial charge in [0.25, 0.3) is 0 Å². The van der Waals surface area contributed by atoms with Gasteiger partial charge in [0.2, 0.25) is 0 Å². The predicted molar refractivity (Wildman–Crippen MR) is 316 cm³/mol. The molecular formula is C64H110NO8P. The first kappa shape index (κ1) is 70.7. The number of hydrogen-bond acceptors (Lipinski definition) is 8. The molecule has 74 heavy (non-hydrogen) atoms. The summed E-state index contributed by atoms with van der Waals surface area (Å²) in [4.78, 5) is 35.2. The van der Waals surface area contributed by atoms with Crippen molar-refractivity contribution in [3.05, 3.63) is 109 Å². The van der Waals surface area contributed by atoms with Crippen molar-refractivity contribution >= 4 is 19.8 Å². The molecule has 0 fully saturated rings. The maximum Gasteiger partial charge on any atom is 0.472 e. The zero-order chi connectivity index (χ0) is 53.8.